The van der Waals surface area contributed by atoms with Crippen LogP contribution in [0.5, 0.6) is 0 Å². The largest absolute Gasteiger partial charge is 0.306 e. The maximum atomic E-state index is 4.16. The number of halogens is 1. The van der Waals surface area contributed by atoms with E-state index in [1.54, 1.807) is 0 Å². The summed E-state index contributed by atoms with van der Waals surface area (Å²) in [5, 5.41) is 3.52. The summed E-state index contributed by atoms with van der Waals surface area (Å²) in [6.45, 7) is 5.13. The van der Waals surface area contributed by atoms with Gasteiger partial charge in [0.05, 0.1) is 0 Å². The number of nitrogens with one attached hydrogen (secondary N) is 1. The smallest absolute Gasteiger partial charge is 0.0315 e. The number of pyridine rings is 1. The Kier molecular flexibility index (Phi) is 4.50. The quantitative estimate of drug-likeness (QED) is 0.923. The molecule has 0 saturated carbocycles. The van der Waals surface area contributed by atoms with Crippen molar-refractivity contribution < 1.29 is 0 Å². The van der Waals surface area contributed by atoms with Crippen LogP contribution >= 0.6 is 15.9 Å². The molecular formula is C15H17BrN2. The van der Waals surface area contributed by atoms with Crippen LogP contribution in [-0.4, -0.2) is 4.98 Å². The molecule has 0 unspecified atom stereocenters. The molecular weight excluding hydrogens is 288 g/mol. The van der Waals surface area contributed by atoms with Gasteiger partial charge < -0.3 is 5.32 Å². The monoisotopic (exact) mass is 304 g/mol. The van der Waals surface area contributed by atoms with E-state index in [4.69, 9.17) is 0 Å². The molecule has 94 valence electrons. The average molecular weight is 305 g/mol. The molecule has 2 rings (SSSR count). The van der Waals surface area contributed by atoms with Gasteiger partial charge in [-0.15, -0.1) is 0 Å². The van der Waals surface area contributed by atoms with Crippen molar-refractivity contribution in [3.05, 3.63) is 63.9 Å². The Morgan fingerprint density at radius 2 is 1.94 bits per heavy atom. The molecule has 1 heterocycles. The summed E-state index contributed by atoms with van der Waals surface area (Å²) in [4.78, 5) is 4.16. The first-order valence-electron chi connectivity index (χ1n) is 6.05. The lowest BCUT2D eigenvalue weighted by molar-refractivity contribution is 0.572. The molecule has 0 radical (unpaired) electrons. The molecule has 1 aromatic carbocycles. The van der Waals surface area contributed by atoms with Gasteiger partial charge in [0, 0.05) is 29.5 Å². The SMILES string of the molecule is Cc1ccncc1CN[C@H](C)c1ccc(Br)cc1. The van der Waals surface area contributed by atoms with Crippen molar-refractivity contribution in [3.63, 3.8) is 0 Å². The normalized spacial score (nSPS) is 12.4. The molecule has 18 heavy (non-hydrogen) atoms. The highest BCUT2D eigenvalue weighted by Crippen LogP contribution is 2.17. The standard InChI is InChI=1S/C15H17BrN2/c1-11-7-8-17-9-14(11)10-18-12(2)13-3-5-15(16)6-4-13/h3-9,12,18H,10H2,1-2H3/t12-/m1/s1. The fraction of sp³-hybridized carbons (Fsp3) is 0.267. The van der Waals surface area contributed by atoms with Gasteiger partial charge in [-0.05, 0) is 48.7 Å². The second-order valence-corrected chi connectivity index (χ2v) is 5.37. The first kappa shape index (κ1) is 13.2. The fourth-order valence-electron chi connectivity index (χ4n) is 1.81. The van der Waals surface area contributed by atoms with Crippen molar-refractivity contribution in [2.75, 3.05) is 0 Å². The van der Waals surface area contributed by atoms with Gasteiger partial charge in [-0.3, -0.25) is 4.98 Å². The Hall–Kier alpha value is -1.19. The van der Waals surface area contributed by atoms with Crippen molar-refractivity contribution in [2.45, 2.75) is 26.4 Å². The Morgan fingerprint density at radius 3 is 2.61 bits per heavy atom. The zero-order chi connectivity index (χ0) is 13.0. The third-order valence-electron chi connectivity index (χ3n) is 3.12. The second-order valence-electron chi connectivity index (χ2n) is 4.46. The third-order valence-corrected chi connectivity index (χ3v) is 3.64. The first-order valence-corrected chi connectivity index (χ1v) is 6.84. The molecule has 1 N–H and O–H groups in total. The van der Waals surface area contributed by atoms with E-state index >= 15 is 0 Å². The zero-order valence-corrected chi connectivity index (χ0v) is 12.2. The zero-order valence-electron chi connectivity index (χ0n) is 10.7. The summed E-state index contributed by atoms with van der Waals surface area (Å²) in [5.74, 6) is 0. The lowest BCUT2D eigenvalue weighted by Crippen LogP contribution is -2.18. The molecule has 0 saturated heterocycles. The number of nitrogens with zero attached hydrogens (tertiary/aromatic N) is 1. The molecule has 0 amide bonds. The molecule has 0 aliphatic carbocycles. The van der Waals surface area contributed by atoms with Gasteiger partial charge in [0.25, 0.3) is 0 Å². The van der Waals surface area contributed by atoms with E-state index in [0.29, 0.717) is 6.04 Å². The average Bonchev–Trinajstić information content (AvgIpc) is 2.38. The number of hydrogen-bond acceptors (Lipinski definition) is 2. The van der Waals surface area contributed by atoms with Gasteiger partial charge in [-0.2, -0.15) is 0 Å². The van der Waals surface area contributed by atoms with E-state index in [9.17, 15) is 0 Å². The first-order chi connectivity index (χ1) is 8.66. The number of benzene rings is 1. The molecule has 0 aliphatic heterocycles. The molecule has 0 fully saturated rings. The lowest BCUT2D eigenvalue weighted by atomic mass is 10.1. The molecule has 2 aromatic rings. The van der Waals surface area contributed by atoms with E-state index < -0.39 is 0 Å². The highest BCUT2D eigenvalue weighted by Gasteiger charge is 2.05. The molecule has 0 spiro atoms. The van der Waals surface area contributed by atoms with Crippen molar-refractivity contribution in [1.29, 1.82) is 0 Å². The highest BCUT2D eigenvalue weighted by molar-refractivity contribution is 9.10. The van der Waals surface area contributed by atoms with Crippen molar-refractivity contribution >= 4 is 15.9 Å². The van der Waals surface area contributed by atoms with E-state index in [0.717, 1.165) is 11.0 Å². The number of rotatable bonds is 4. The predicted octanol–water partition coefficient (Wildman–Crippen LogP) is 4.00. The Morgan fingerprint density at radius 1 is 1.22 bits per heavy atom. The van der Waals surface area contributed by atoms with E-state index in [-0.39, 0.29) is 0 Å². The maximum Gasteiger partial charge on any atom is 0.0315 e. The number of aromatic nitrogens is 1. The summed E-state index contributed by atoms with van der Waals surface area (Å²) in [7, 11) is 0. The van der Waals surface area contributed by atoms with Crippen LogP contribution < -0.4 is 5.32 Å². The second kappa shape index (κ2) is 6.12. The van der Waals surface area contributed by atoms with Crippen LogP contribution in [0.3, 0.4) is 0 Å². The minimum Gasteiger partial charge on any atom is -0.306 e. The Labute approximate surface area is 117 Å². The minimum atomic E-state index is 0.331. The minimum absolute atomic E-state index is 0.331. The van der Waals surface area contributed by atoms with Crippen LogP contribution in [-0.2, 0) is 6.54 Å². The third kappa shape index (κ3) is 3.40. The molecule has 0 bridgehead atoms. The topological polar surface area (TPSA) is 24.9 Å². The van der Waals surface area contributed by atoms with Crippen molar-refractivity contribution in [2.24, 2.45) is 0 Å². The van der Waals surface area contributed by atoms with Gasteiger partial charge in [0.1, 0.15) is 0 Å². The van der Waals surface area contributed by atoms with E-state index in [1.807, 2.05) is 18.5 Å². The van der Waals surface area contributed by atoms with Gasteiger partial charge in [-0.25, -0.2) is 0 Å². The number of aryl methyl sites for hydroxylation is 1. The van der Waals surface area contributed by atoms with Crippen LogP contribution in [0.2, 0.25) is 0 Å². The van der Waals surface area contributed by atoms with Crippen molar-refractivity contribution in [3.8, 4) is 0 Å². The van der Waals surface area contributed by atoms with Gasteiger partial charge >= 0.3 is 0 Å². The van der Waals surface area contributed by atoms with Crippen LogP contribution in [0.15, 0.2) is 47.2 Å². The van der Waals surface area contributed by atoms with Crippen molar-refractivity contribution in [1.82, 2.24) is 10.3 Å². The van der Waals surface area contributed by atoms with Crippen LogP contribution in [0.1, 0.15) is 29.7 Å². The molecule has 1 aromatic heterocycles. The lowest BCUT2D eigenvalue weighted by Gasteiger charge is -2.15. The summed E-state index contributed by atoms with van der Waals surface area (Å²) in [6.07, 6.45) is 3.76. The van der Waals surface area contributed by atoms with E-state index in [2.05, 4.69) is 64.3 Å². The van der Waals surface area contributed by atoms with Crippen LogP contribution in [0, 0.1) is 6.92 Å². The fourth-order valence-corrected chi connectivity index (χ4v) is 2.08. The van der Waals surface area contributed by atoms with Crippen LogP contribution in [0.25, 0.3) is 0 Å². The van der Waals surface area contributed by atoms with Crippen LogP contribution in [0.4, 0.5) is 0 Å². The molecule has 0 aliphatic rings. The predicted molar refractivity (Wildman–Crippen MR) is 78.4 cm³/mol. The molecule has 3 heteroatoms. The maximum absolute atomic E-state index is 4.16. The molecule has 1 atom stereocenters. The van der Waals surface area contributed by atoms with Gasteiger partial charge in [-0.1, -0.05) is 28.1 Å². The number of hydrogen-bond donors (Lipinski definition) is 1. The Balaban J connectivity index is 1.98. The molecule has 2 nitrogen and oxygen atoms in total. The highest BCUT2D eigenvalue weighted by atomic mass is 79.9. The summed E-state index contributed by atoms with van der Waals surface area (Å²) < 4.78 is 1.11. The summed E-state index contributed by atoms with van der Waals surface area (Å²) in [5.41, 5.74) is 3.82. The Bertz CT molecular complexity index is 508. The summed E-state index contributed by atoms with van der Waals surface area (Å²) >= 11 is 3.45. The van der Waals surface area contributed by atoms with Gasteiger partial charge in [0.2, 0.25) is 0 Å². The van der Waals surface area contributed by atoms with Gasteiger partial charge in [0.15, 0.2) is 0 Å². The summed E-state index contributed by atoms with van der Waals surface area (Å²) in [6, 6.07) is 10.8. The van der Waals surface area contributed by atoms with E-state index in [1.165, 1.54) is 16.7 Å².